The average molecular weight is 279 g/mol. The van der Waals surface area contributed by atoms with Crippen molar-refractivity contribution in [3.8, 4) is 11.5 Å². The van der Waals surface area contributed by atoms with Crippen LogP contribution in [0.5, 0.6) is 11.5 Å². The van der Waals surface area contributed by atoms with Gasteiger partial charge in [0.1, 0.15) is 0 Å². The third kappa shape index (κ3) is 3.71. The van der Waals surface area contributed by atoms with Gasteiger partial charge in [-0.2, -0.15) is 0 Å². The summed E-state index contributed by atoms with van der Waals surface area (Å²) in [5.74, 6) is 1.24. The molecule has 0 radical (unpaired) electrons. The van der Waals surface area contributed by atoms with E-state index in [4.69, 9.17) is 19.9 Å². The highest BCUT2D eigenvalue weighted by atomic mass is 16.5. The molecular formula is C15H21NO4. The first-order valence-corrected chi connectivity index (χ1v) is 6.90. The number of nitrogens with two attached hydrogens (primary N) is 1. The molecule has 110 valence electrons. The summed E-state index contributed by atoms with van der Waals surface area (Å²) < 4.78 is 16.1. The van der Waals surface area contributed by atoms with Crippen molar-refractivity contribution < 1.29 is 19.0 Å². The minimum atomic E-state index is -0.505. The quantitative estimate of drug-likeness (QED) is 0.635. The predicted molar refractivity (Wildman–Crippen MR) is 75.5 cm³/mol. The molecule has 20 heavy (non-hydrogen) atoms. The van der Waals surface area contributed by atoms with Crippen molar-refractivity contribution >= 4 is 5.78 Å². The van der Waals surface area contributed by atoms with Crippen LogP contribution in [0.15, 0.2) is 18.2 Å². The number of ether oxygens (including phenoxy) is 3. The zero-order chi connectivity index (χ0) is 14.4. The molecule has 0 fully saturated rings. The smallest absolute Gasteiger partial charge is 0.179 e. The van der Waals surface area contributed by atoms with Gasteiger partial charge in [0.2, 0.25) is 0 Å². The molecule has 0 aliphatic carbocycles. The summed E-state index contributed by atoms with van der Waals surface area (Å²) in [6.07, 6.45) is 2.23. The van der Waals surface area contributed by atoms with Crippen LogP contribution < -0.4 is 15.2 Å². The SMILES string of the molecule is COCCCC(N)C(=O)c1ccc2c(c1)OCCCO2. The second kappa shape index (κ2) is 7.26. The number of hydrogen-bond acceptors (Lipinski definition) is 5. The molecule has 1 aliphatic rings. The van der Waals surface area contributed by atoms with Crippen LogP contribution in [0.3, 0.4) is 0 Å². The van der Waals surface area contributed by atoms with Gasteiger partial charge >= 0.3 is 0 Å². The van der Waals surface area contributed by atoms with Gasteiger partial charge < -0.3 is 19.9 Å². The van der Waals surface area contributed by atoms with Gasteiger partial charge in [-0.15, -0.1) is 0 Å². The Labute approximate surface area is 119 Å². The molecule has 0 bridgehead atoms. The first kappa shape index (κ1) is 14.8. The molecule has 2 N–H and O–H groups in total. The van der Waals surface area contributed by atoms with Crippen molar-refractivity contribution in [3.63, 3.8) is 0 Å². The van der Waals surface area contributed by atoms with Gasteiger partial charge in [0.15, 0.2) is 17.3 Å². The second-order valence-corrected chi connectivity index (χ2v) is 4.82. The fourth-order valence-electron chi connectivity index (χ4n) is 2.11. The summed E-state index contributed by atoms with van der Waals surface area (Å²) in [6, 6.07) is 4.73. The number of fused-ring (bicyclic) bond motifs is 1. The van der Waals surface area contributed by atoms with Crippen LogP contribution in [0.1, 0.15) is 29.6 Å². The lowest BCUT2D eigenvalue weighted by Gasteiger charge is -2.12. The van der Waals surface area contributed by atoms with Crippen LogP contribution in [-0.2, 0) is 4.74 Å². The third-order valence-corrected chi connectivity index (χ3v) is 3.23. The fourth-order valence-corrected chi connectivity index (χ4v) is 2.11. The number of hydrogen-bond donors (Lipinski definition) is 1. The Balaban J connectivity index is 2.04. The Morgan fingerprint density at radius 1 is 1.35 bits per heavy atom. The molecule has 2 rings (SSSR count). The van der Waals surface area contributed by atoms with E-state index in [1.54, 1.807) is 25.3 Å². The van der Waals surface area contributed by atoms with E-state index in [1.807, 2.05) is 0 Å². The average Bonchev–Trinajstić information content (AvgIpc) is 2.71. The van der Waals surface area contributed by atoms with Gasteiger partial charge in [-0.3, -0.25) is 4.79 Å². The highest BCUT2D eigenvalue weighted by molar-refractivity contribution is 6.00. The highest BCUT2D eigenvalue weighted by Gasteiger charge is 2.18. The minimum absolute atomic E-state index is 0.0725. The summed E-state index contributed by atoms with van der Waals surface area (Å²) in [7, 11) is 1.64. The predicted octanol–water partition coefficient (Wildman–Crippen LogP) is 1.78. The van der Waals surface area contributed by atoms with E-state index in [2.05, 4.69) is 0 Å². The van der Waals surface area contributed by atoms with E-state index in [0.29, 0.717) is 43.3 Å². The normalized spacial score (nSPS) is 15.5. The van der Waals surface area contributed by atoms with E-state index >= 15 is 0 Å². The van der Waals surface area contributed by atoms with Gasteiger partial charge in [0.25, 0.3) is 0 Å². The van der Waals surface area contributed by atoms with Gasteiger partial charge in [0, 0.05) is 25.7 Å². The molecule has 1 heterocycles. The van der Waals surface area contributed by atoms with Gasteiger partial charge in [-0.25, -0.2) is 0 Å². The van der Waals surface area contributed by atoms with E-state index in [0.717, 1.165) is 12.8 Å². The monoisotopic (exact) mass is 279 g/mol. The second-order valence-electron chi connectivity index (χ2n) is 4.82. The van der Waals surface area contributed by atoms with Crippen LogP contribution in [0.4, 0.5) is 0 Å². The maximum atomic E-state index is 12.2. The number of rotatable bonds is 6. The Morgan fingerprint density at radius 2 is 2.10 bits per heavy atom. The molecule has 1 unspecified atom stereocenters. The fraction of sp³-hybridized carbons (Fsp3) is 0.533. The van der Waals surface area contributed by atoms with Gasteiger partial charge in [-0.1, -0.05) is 0 Å². The Morgan fingerprint density at radius 3 is 2.85 bits per heavy atom. The molecule has 0 amide bonds. The number of Topliss-reactive ketones (excluding diaryl/α,β-unsaturated/α-hetero) is 1. The van der Waals surface area contributed by atoms with Gasteiger partial charge in [0.05, 0.1) is 19.3 Å². The molecule has 0 saturated heterocycles. The molecule has 1 atom stereocenters. The van der Waals surface area contributed by atoms with Crippen molar-refractivity contribution in [2.24, 2.45) is 5.73 Å². The molecule has 1 aliphatic heterocycles. The number of ketones is 1. The van der Waals surface area contributed by atoms with Crippen molar-refractivity contribution in [1.29, 1.82) is 0 Å². The number of benzene rings is 1. The Bertz CT molecular complexity index is 461. The van der Waals surface area contributed by atoms with Crippen LogP contribution >= 0.6 is 0 Å². The van der Waals surface area contributed by atoms with Crippen LogP contribution in [0.25, 0.3) is 0 Å². The van der Waals surface area contributed by atoms with E-state index in [9.17, 15) is 4.79 Å². The minimum Gasteiger partial charge on any atom is -0.490 e. The number of methoxy groups -OCH3 is 1. The molecule has 5 heteroatoms. The van der Waals surface area contributed by atoms with Crippen LogP contribution in [-0.4, -0.2) is 38.8 Å². The van der Waals surface area contributed by atoms with Crippen molar-refractivity contribution in [3.05, 3.63) is 23.8 Å². The third-order valence-electron chi connectivity index (χ3n) is 3.23. The molecule has 1 aromatic rings. The standard InChI is InChI=1S/C15H21NO4/c1-18-7-2-4-12(16)15(17)11-5-6-13-14(10-11)20-9-3-8-19-13/h5-6,10,12H,2-4,7-9,16H2,1H3. The van der Waals surface area contributed by atoms with Crippen LogP contribution in [0.2, 0.25) is 0 Å². The topological polar surface area (TPSA) is 70.8 Å². The van der Waals surface area contributed by atoms with E-state index < -0.39 is 6.04 Å². The lowest BCUT2D eigenvalue weighted by atomic mass is 10.0. The lowest BCUT2D eigenvalue weighted by Crippen LogP contribution is -2.30. The summed E-state index contributed by atoms with van der Waals surface area (Å²) in [6.45, 7) is 1.85. The molecule has 5 nitrogen and oxygen atoms in total. The largest absolute Gasteiger partial charge is 0.490 e. The Hall–Kier alpha value is -1.59. The van der Waals surface area contributed by atoms with Crippen LogP contribution in [0, 0.1) is 0 Å². The first-order valence-electron chi connectivity index (χ1n) is 6.90. The number of carbonyl (C=O) groups excluding carboxylic acids is 1. The molecule has 0 aromatic heterocycles. The zero-order valence-electron chi connectivity index (χ0n) is 11.8. The van der Waals surface area contributed by atoms with Crippen molar-refractivity contribution in [1.82, 2.24) is 0 Å². The molecule has 1 aromatic carbocycles. The zero-order valence-corrected chi connectivity index (χ0v) is 11.8. The number of carbonyl (C=O) groups is 1. The molecule has 0 saturated carbocycles. The molecule has 0 spiro atoms. The van der Waals surface area contributed by atoms with Gasteiger partial charge in [-0.05, 0) is 31.0 Å². The lowest BCUT2D eigenvalue weighted by molar-refractivity contribution is 0.0950. The first-order chi connectivity index (χ1) is 9.72. The van der Waals surface area contributed by atoms with Crippen molar-refractivity contribution in [2.45, 2.75) is 25.3 Å². The maximum Gasteiger partial charge on any atom is 0.179 e. The van der Waals surface area contributed by atoms with E-state index in [-0.39, 0.29) is 5.78 Å². The summed E-state index contributed by atoms with van der Waals surface area (Å²) in [5.41, 5.74) is 6.49. The maximum absolute atomic E-state index is 12.2. The van der Waals surface area contributed by atoms with Crippen molar-refractivity contribution in [2.75, 3.05) is 26.9 Å². The molecular weight excluding hydrogens is 258 g/mol. The summed E-state index contributed by atoms with van der Waals surface area (Å²) in [4.78, 5) is 12.2. The highest BCUT2D eigenvalue weighted by Crippen LogP contribution is 2.30. The summed E-state index contributed by atoms with van der Waals surface area (Å²) in [5, 5.41) is 0. The Kier molecular flexibility index (Phi) is 5.38. The summed E-state index contributed by atoms with van der Waals surface area (Å²) >= 11 is 0. The van der Waals surface area contributed by atoms with E-state index in [1.165, 1.54) is 0 Å².